The first-order chi connectivity index (χ1) is 7.74. The lowest BCUT2D eigenvalue weighted by molar-refractivity contribution is 0.238. The molecule has 0 bridgehead atoms. The van der Waals surface area contributed by atoms with Crippen molar-refractivity contribution in [1.29, 1.82) is 0 Å². The van der Waals surface area contributed by atoms with Gasteiger partial charge in [0.2, 0.25) is 0 Å². The second kappa shape index (κ2) is 7.49. The van der Waals surface area contributed by atoms with Crippen LogP contribution in [0.15, 0.2) is 24.3 Å². The highest BCUT2D eigenvalue weighted by Gasteiger charge is 2.01. The van der Waals surface area contributed by atoms with Crippen LogP contribution in [0.25, 0.3) is 0 Å². The van der Waals surface area contributed by atoms with Gasteiger partial charge in [0, 0.05) is 19.6 Å². The molecule has 0 fully saturated rings. The van der Waals surface area contributed by atoms with Gasteiger partial charge in [-0.15, -0.1) is 0 Å². The zero-order valence-electron chi connectivity index (χ0n) is 9.87. The average Bonchev–Trinajstić information content (AvgIpc) is 2.29. The molecule has 0 atom stereocenters. The summed E-state index contributed by atoms with van der Waals surface area (Å²) in [7, 11) is 4.03. The first-order valence-electron chi connectivity index (χ1n) is 5.44. The number of halogens is 1. The zero-order valence-corrected chi connectivity index (χ0v) is 10.6. The number of hydrogen-bond acceptors (Lipinski definition) is 3. The zero-order chi connectivity index (χ0) is 11.8. The number of likely N-dealkylation sites (N-methyl/N-ethyl adjacent to an activating group) is 2. The molecular formula is C12H19ClN2O. The van der Waals surface area contributed by atoms with Crippen LogP contribution in [0.3, 0.4) is 0 Å². The van der Waals surface area contributed by atoms with Crippen molar-refractivity contribution in [3.05, 3.63) is 29.3 Å². The van der Waals surface area contributed by atoms with Gasteiger partial charge in [-0.3, -0.25) is 0 Å². The lowest BCUT2D eigenvalue weighted by Gasteiger charge is -2.16. The molecule has 4 heteroatoms. The molecule has 0 spiro atoms. The molecular weight excluding hydrogens is 224 g/mol. The van der Waals surface area contributed by atoms with Gasteiger partial charge in [-0.05, 0) is 26.2 Å². The second-order valence-electron chi connectivity index (χ2n) is 3.69. The molecule has 0 saturated heterocycles. The molecule has 1 N–H and O–H groups in total. The molecule has 1 aromatic rings. The van der Waals surface area contributed by atoms with Crippen LogP contribution in [0.5, 0.6) is 5.75 Å². The molecule has 1 aromatic carbocycles. The van der Waals surface area contributed by atoms with Crippen molar-refractivity contribution in [2.45, 2.75) is 0 Å². The van der Waals surface area contributed by atoms with E-state index in [1.807, 2.05) is 31.3 Å². The molecule has 0 amide bonds. The summed E-state index contributed by atoms with van der Waals surface area (Å²) >= 11 is 5.97. The van der Waals surface area contributed by atoms with E-state index in [4.69, 9.17) is 16.3 Å². The number of nitrogens with zero attached hydrogens (tertiary/aromatic N) is 1. The van der Waals surface area contributed by atoms with Crippen LogP contribution in [-0.2, 0) is 0 Å². The lowest BCUT2D eigenvalue weighted by atomic mass is 10.3. The Bertz CT molecular complexity index is 307. The fraction of sp³-hybridized carbons (Fsp3) is 0.500. The maximum atomic E-state index is 5.97. The third-order valence-electron chi connectivity index (χ3n) is 2.31. The second-order valence-corrected chi connectivity index (χ2v) is 4.09. The van der Waals surface area contributed by atoms with Gasteiger partial charge in [0.05, 0.1) is 5.02 Å². The quantitative estimate of drug-likeness (QED) is 0.790. The minimum atomic E-state index is 0.657. The monoisotopic (exact) mass is 242 g/mol. The molecule has 0 heterocycles. The van der Waals surface area contributed by atoms with Crippen LogP contribution in [-0.4, -0.2) is 45.2 Å². The summed E-state index contributed by atoms with van der Waals surface area (Å²) < 4.78 is 5.59. The molecule has 0 saturated carbocycles. The van der Waals surface area contributed by atoms with Gasteiger partial charge in [-0.2, -0.15) is 0 Å². The normalized spacial score (nSPS) is 10.8. The van der Waals surface area contributed by atoms with Crippen LogP contribution < -0.4 is 10.1 Å². The molecule has 0 aromatic heterocycles. The largest absolute Gasteiger partial charge is 0.491 e. The molecule has 1 rings (SSSR count). The summed E-state index contributed by atoms with van der Waals surface area (Å²) in [5.74, 6) is 0.756. The summed E-state index contributed by atoms with van der Waals surface area (Å²) in [6.07, 6.45) is 0. The molecule has 0 aliphatic heterocycles. The van der Waals surface area contributed by atoms with Gasteiger partial charge in [-0.25, -0.2) is 0 Å². The Kier molecular flexibility index (Phi) is 6.23. The third-order valence-corrected chi connectivity index (χ3v) is 2.62. The predicted octanol–water partition coefficient (Wildman–Crippen LogP) is 1.87. The van der Waals surface area contributed by atoms with E-state index < -0.39 is 0 Å². The van der Waals surface area contributed by atoms with E-state index in [-0.39, 0.29) is 0 Å². The maximum Gasteiger partial charge on any atom is 0.137 e. The van der Waals surface area contributed by atoms with Crippen molar-refractivity contribution in [2.24, 2.45) is 0 Å². The van der Waals surface area contributed by atoms with E-state index in [1.165, 1.54) is 0 Å². The van der Waals surface area contributed by atoms with Crippen LogP contribution in [0, 0.1) is 0 Å². The molecule has 0 aliphatic carbocycles. The Labute approximate surface area is 102 Å². The van der Waals surface area contributed by atoms with Crippen molar-refractivity contribution < 1.29 is 4.74 Å². The summed E-state index contributed by atoms with van der Waals surface area (Å²) in [4.78, 5) is 2.22. The number of para-hydroxylation sites is 1. The highest BCUT2D eigenvalue weighted by molar-refractivity contribution is 6.32. The Hall–Kier alpha value is -0.770. The average molecular weight is 243 g/mol. The van der Waals surface area contributed by atoms with Crippen molar-refractivity contribution >= 4 is 11.6 Å². The van der Waals surface area contributed by atoms with Gasteiger partial charge in [0.15, 0.2) is 0 Å². The topological polar surface area (TPSA) is 24.5 Å². The number of benzene rings is 1. The van der Waals surface area contributed by atoms with Gasteiger partial charge in [0.25, 0.3) is 0 Å². The van der Waals surface area contributed by atoms with Crippen molar-refractivity contribution in [3.8, 4) is 5.75 Å². The molecule has 0 aliphatic rings. The first-order valence-corrected chi connectivity index (χ1v) is 5.82. The van der Waals surface area contributed by atoms with Crippen LogP contribution in [0.1, 0.15) is 0 Å². The Balaban J connectivity index is 2.23. The predicted molar refractivity (Wildman–Crippen MR) is 68.4 cm³/mol. The van der Waals surface area contributed by atoms with E-state index in [9.17, 15) is 0 Å². The SMILES string of the molecule is CNCCN(C)CCOc1ccccc1Cl. The first kappa shape index (κ1) is 13.3. The molecule has 90 valence electrons. The van der Waals surface area contributed by atoms with Crippen LogP contribution in [0.2, 0.25) is 5.02 Å². The van der Waals surface area contributed by atoms with Crippen molar-refractivity contribution in [2.75, 3.05) is 40.3 Å². The highest BCUT2D eigenvalue weighted by Crippen LogP contribution is 2.22. The summed E-state index contributed by atoms with van der Waals surface area (Å²) in [6.45, 7) is 3.56. The van der Waals surface area contributed by atoms with Crippen molar-refractivity contribution in [3.63, 3.8) is 0 Å². The Morgan fingerprint density at radius 2 is 2.06 bits per heavy atom. The summed E-state index contributed by atoms with van der Waals surface area (Å²) in [6, 6.07) is 7.54. The van der Waals surface area contributed by atoms with E-state index in [2.05, 4.69) is 17.3 Å². The van der Waals surface area contributed by atoms with Gasteiger partial charge in [0.1, 0.15) is 12.4 Å². The van der Waals surface area contributed by atoms with E-state index in [0.29, 0.717) is 11.6 Å². The third kappa shape index (κ3) is 4.84. The fourth-order valence-electron chi connectivity index (χ4n) is 1.29. The Morgan fingerprint density at radius 1 is 1.31 bits per heavy atom. The number of rotatable bonds is 7. The lowest BCUT2D eigenvalue weighted by Crippen LogP contribution is -2.30. The summed E-state index contributed by atoms with van der Waals surface area (Å²) in [5.41, 5.74) is 0. The van der Waals surface area contributed by atoms with Gasteiger partial charge < -0.3 is 15.0 Å². The smallest absolute Gasteiger partial charge is 0.137 e. The van der Waals surface area contributed by atoms with Gasteiger partial charge in [-0.1, -0.05) is 23.7 Å². The van der Waals surface area contributed by atoms with E-state index in [0.717, 1.165) is 25.4 Å². The minimum Gasteiger partial charge on any atom is -0.491 e. The minimum absolute atomic E-state index is 0.657. The van der Waals surface area contributed by atoms with Gasteiger partial charge >= 0.3 is 0 Å². The standard InChI is InChI=1S/C12H19ClN2O/c1-14-7-8-15(2)9-10-16-12-6-4-3-5-11(12)13/h3-6,14H,7-10H2,1-2H3. The fourth-order valence-corrected chi connectivity index (χ4v) is 1.48. The van der Waals surface area contributed by atoms with Crippen LogP contribution in [0.4, 0.5) is 0 Å². The van der Waals surface area contributed by atoms with Crippen molar-refractivity contribution in [1.82, 2.24) is 10.2 Å². The van der Waals surface area contributed by atoms with E-state index in [1.54, 1.807) is 0 Å². The van der Waals surface area contributed by atoms with E-state index >= 15 is 0 Å². The highest BCUT2D eigenvalue weighted by atomic mass is 35.5. The van der Waals surface area contributed by atoms with Crippen LogP contribution >= 0.6 is 11.6 Å². The molecule has 3 nitrogen and oxygen atoms in total. The number of nitrogens with one attached hydrogen (secondary N) is 1. The molecule has 0 radical (unpaired) electrons. The summed E-state index contributed by atoms with van der Waals surface area (Å²) in [5, 5.41) is 3.78. The maximum absolute atomic E-state index is 5.97. The number of ether oxygens (including phenoxy) is 1. The Morgan fingerprint density at radius 3 is 2.75 bits per heavy atom. The number of hydrogen-bond donors (Lipinski definition) is 1. The molecule has 16 heavy (non-hydrogen) atoms. The molecule has 0 unspecified atom stereocenters.